The number of primary amides is 1. The summed E-state index contributed by atoms with van der Waals surface area (Å²) in [7, 11) is 0. The quantitative estimate of drug-likeness (QED) is 0.784. The first-order valence-electron chi connectivity index (χ1n) is 7.18. The third-order valence-electron chi connectivity index (χ3n) is 3.36. The van der Waals surface area contributed by atoms with Gasteiger partial charge in [0.25, 0.3) is 0 Å². The molecule has 1 heterocycles. The predicted molar refractivity (Wildman–Crippen MR) is 86.0 cm³/mol. The average Bonchev–Trinajstić information content (AvgIpc) is 2.95. The van der Waals surface area contributed by atoms with Crippen LogP contribution in [0.2, 0.25) is 0 Å². The maximum atomic E-state index is 11.1. The van der Waals surface area contributed by atoms with Crippen LogP contribution >= 0.6 is 0 Å². The predicted octanol–water partition coefficient (Wildman–Crippen LogP) is 3.33. The van der Waals surface area contributed by atoms with Gasteiger partial charge in [0.05, 0.1) is 0 Å². The van der Waals surface area contributed by atoms with Crippen molar-refractivity contribution in [3.8, 4) is 17.0 Å². The minimum absolute atomic E-state index is 0.251. The van der Waals surface area contributed by atoms with Crippen LogP contribution in [0.3, 0.4) is 0 Å². The Hall–Kier alpha value is -3.08. The number of amides is 1. The van der Waals surface area contributed by atoms with Crippen LogP contribution in [0.4, 0.5) is 0 Å². The molecule has 1 amide bonds. The van der Waals surface area contributed by atoms with Crippen LogP contribution in [0.15, 0.2) is 59.0 Å². The van der Waals surface area contributed by atoms with Gasteiger partial charge < -0.3 is 14.9 Å². The molecule has 1 aromatic heterocycles. The number of ether oxygens (including phenoxy) is 1. The fraction of sp³-hybridized carbons (Fsp3) is 0.111. The number of rotatable bonds is 5. The Morgan fingerprint density at radius 3 is 2.48 bits per heavy atom. The average molecular weight is 308 g/mol. The SMILES string of the molecule is Cc1nc(-c2ccccc2)c(COc2ccc(C(N)=O)cc2)o1. The van der Waals surface area contributed by atoms with E-state index in [9.17, 15) is 4.79 Å². The molecule has 0 radical (unpaired) electrons. The number of oxazole rings is 1. The number of carbonyl (C=O) groups excluding carboxylic acids is 1. The highest BCUT2D eigenvalue weighted by atomic mass is 16.5. The zero-order valence-corrected chi connectivity index (χ0v) is 12.7. The van der Waals surface area contributed by atoms with E-state index in [2.05, 4.69) is 4.98 Å². The Morgan fingerprint density at radius 1 is 1.13 bits per heavy atom. The van der Waals surface area contributed by atoms with E-state index >= 15 is 0 Å². The normalized spacial score (nSPS) is 10.5. The lowest BCUT2D eigenvalue weighted by atomic mass is 10.1. The van der Waals surface area contributed by atoms with E-state index in [4.69, 9.17) is 14.9 Å². The van der Waals surface area contributed by atoms with Crippen molar-refractivity contribution in [2.45, 2.75) is 13.5 Å². The molecule has 3 rings (SSSR count). The van der Waals surface area contributed by atoms with Crippen molar-refractivity contribution in [2.24, 2.45) is 5.73 Å². The minimum Gasteiger partial charge on any atom is -0.486 e. The van der Waals surface area contributed by atoms with Crippen molar-refractivity contribution in [3.63, 3.8) is 0 Å². The molecule has 0 aliphatic carbocycles. The van der Waals surface area contributed by atoms with Crippen molar-refractivity contribution in [2.75, 3.05) is 0 Å². The topological polar surface area (TPSA) is 78.4 Å². The molecule has 2 aromatic carbocycles. The Balaban J connectivity index is 1.77. The van der Waals surface area contributed by atoms with Gasteiger partial charge in [-0.25, -0.2) is 4.98 Å². The Labute approximate surface area is 133 Å². The summed E-state index contributed by atoms with van der Waals surface area (Å²) in [6.45, 7) is 2.05. The number of hydrogen-bond acceptors (Lipinski definition) is 4. The zero-order chi connectivity index (χ0) is 16.2. The molecular weight excluding hydrogens is 292 g/mol. The van der Waals surface area contributed by atoms with Gasteiger partial charge in [0.15, 0.2) is 11.7 Å². The first-order chi connectivity index (χ1) is 11.1. The molecule has 3 aromatic rings. The summed E-state index contributed by atoms with van der Waals surface area (Å²) in [4.78, 5) is 15.5. The van der Waals surface area contributed by atoms with Crippen LogP contribution in [-0.2, 0) is 6.61 Å². The highest BCUT2D eigenvalue weighted by molar-refractivity contribution is 5.92. The van der Waals surface area contributed by atoms with E-state index in [1.807, 2.05) is 30.3 Å². The third kappa shape index (κ3) is 3.40. The van der Waals surface area contributed by atoms with Crippen LogP contribution in [0.1, 0.15) is 22.0 Å². The number of aryl methyl sites for hydroxylation is 1. The third-order valence-corrected chi connectivity index (χ3v) is 3.36. The number of hydrogen-bond donors (Lipinski definition) is 1. The maximum Gasteiger partial charge on any atom is 0.248 e. The van der Waals surface area contributed by atoms with Gasteiger partial charge in [-0.3, -0.25) is 4.79 Å². The van der Waals surface area contributed by atoms with Crippen LogP contribution in [0.25, 0.3) is 11.3 Å². The minimum atomic E-state index is -0.464. The van der Waals surface area contributed by atoms with Crippen molar-refractivity contribution < 1.29 is 13.9 Å². The molecule has 0 aliphatic heterocycles. The standard InChI is InChI=1S/C18H16N2O3/c1-12-20-17(13-5-3-2-4-6-13)16(23-12)11-22-15-9-7-14(8-10-15)18(19)21/h2-10H,11H2,1H3,(H2,19,21). The van der Waals surface area contributed by atoms with Gasteiger partial charge in [0.2, 0.25) is 5.91 Å². The summed E-state index contributed by atoms with van der Waals surface area (Å²) in [6, 6.07) is 16.5. The summed E-state index contributed by atoms with van der Waals surface area (Å²) in [5, 5.41) is 0. The van der Waals surface area contributed by atoms with Crippen LogP contribution in [0, 0.1) is 6.92 Å². The van der Waals surface area contributed by atoms with E-state index in [1.54, 1.807) is 31.2 Å². The molecule has 5 heteroatoms. The van der Waals surface area contributed by atoms with Crippen molar-refractivity contribution in [3.05, 3.63) is 71.8 Å². The lowest BCUT2D eigenvalue weighted by Crippen LogP contribution is -2.10. The van der Waals surface area contributed by atoms with Crippen molar-refractivity contribution in [1.29, 1.82) is 0 Å². The Morgan fingerprint density at radius 2 is 1.83 bits per heavy atom. The molecule has 0 aliphatic rings. The van der Waals surface area contributed by atoms with Crippen molar-refractivity contribution in [1.82, 2.24) is 4.98 Å². The maximum absolute atomic E-state index is 11.1. The molecule has 0 atom stereocenters. The first-order valence-corrected chi connectivity index (χ1v) is 7.18. The monoisotopic (exact) mass is 308 g/mol. The Kier molecular flexibility index (Phi) is 4.10. The fourth-order valence-electron chi connectivity index (χ4n) is 2.25. The molecule has 0 unspecified atom stereocenters. The number of benzene rings is 2. The summed E-state index contributed by atoms with van der Waals surface area (Å²) in [5.74, 6) is 1.41. The molecule has 0 fully saturated rings. The Bertz CT molecular complexity index is 808. The summed E-state index contributed by atoms with van der Waals surface area (Å²) < 4.78 is 11.4. The van der Waals surface area contributed by atoms with Crippen LogP contribution in [0.5, 0.6) is 5.75 Å². The number of nitrogens with two attached hydrogens (primary N) is 1. The summed E-state index contributed by atoms with van der Waals surface area (Å²) >= 11 is 0. The van der Waals surface area contributed by atoms with E-state index in [-0.39, 0.29) is 6.61 Å². The molecule has 2 N–H and O–H groups in total. The second-order valence-electron chi connectivity index (χ2n) is 5.05. The summed E-state index contributed by atoms with van der Waals surface area (Å²) in [6.07, 6.45) is 0. The molecule has 0 bridgehead atoms. The second kappa shape index (κ2) is 6.36. The second-order valence-corrected chi connectivity index (χ2v) is 5.05. The van der Waals surface area contributed by atoms with Gasteiger partial charge in [0, 0.05) is 18.1 Å². The lowest BCUT2D eigenvalue weighted by molar-refractivity contribution is 0.1000. The largest absolute Gasteiger partial charge is 0.486 e. The van der Waals surface area contributed by atoms with Gasteiger partial charge in [-0.05, 0) is 24.3 Å². The van der Waals surface area contributed by atoms with Gasteiger partial charge >= 0.3 is 0 Å². The van der Waals surface area contributed by atoms with Gasteiger partial charge in [0.1, 0.15) is 18.1 Å². The van der Waals surface area contributed by atoms with E-state index < -0.39 is 5.91 Å². The molecule has 0 spiro atoms. The van der Waals surface area contributed by atoms with Crippen LogP contribution in [-0.4, -0.2) is 10.9 Å². The molecule has 5 nitrogen and oxygen atoms in total. The zero-order valence-electron chi connectivity index (χ0n) is 12.7. The number of nitrogens with zero attached hydrogens (tertiary/aromatic N) is 1. The van der Waals surface area contributed by atoms with Crippen molar-refractivity contribution >= 4 is 5.91 Å². The smallest absolute Gasteiger partial charge is 0.248 e. The highest BCUT2D eigenvalue weighted by Crippen LogP contribution is 2.25. The first kappa shape index (κ1) is 14.8. The number of aromatic nitrogens is 1. The lowest BCUT2D eigenvalue weighted by Gasteiger charge is -2.06. The van der Waals surface area contributed by atoms with Gasteiger partial charge in [-0.1, -0.05) is 30.3 Å². The molecule has 0 saturated carbocycles. The number of carbonyl (C=O) groups is 1. The van der Waals surface area contributed by atoms with Gasteiger partial charge in [-0.15, -0.1) is 0 Å². The van der Waals surface area contributed by atoms with E-state index in [0.29, 0.717) is 23.0 Å². The summed E-state index contributed by atoms with van der Waals surface area (Å²) in [5.41, 5.74) is 7.41. The van der Waals surface area contributed by atoms with E-state index in [1.165, 1.54) is 0 Å². The van der Waals surface area contributed by atoms with E-state index in [0.717, 1.165) is 11.3 Å². The highest BCUT2D eigenvalue weighted by Gasteiger charge is 2.13. The van der Waals surface area contributed by atoms with Gasteiger partial charge in [-0.2, -0.15) is 0 Å². The fourth-order valence-corrected chi connectivity index (χ4v) is 2.25. The molecule has 116 valence electrons. The molecular formula is C18H16N2O3. The molecule has 0 saturated heterocycles. The molecule has 23 heavy (non-hydrogen) atoms. The van der Waals surface area contributed by atoms with Crippen LogP contribution < -0.4 is 10.5 Å².